The Morgan fingerprint density at radius 3 is 3.06 bits per heavy atom. The number of ether oxygens (including phenoxy) is 1. The maximum absolute atomic E-state index is 5.18. The van der Waals surface area contributed by atoms with Crippen molar-refractivity contribution < 1.29 is 4.74 Å². The van der Waals surface area contributed by atoms with Crippen molar-refractivity contribution in [1.82, 2.24) is 25.6 Å². The minimum absolute atomic E-state index is 0.656. The molecule has 17 heavy (non-hydrogen) atoms. The molecule has 6 nitrogen and oxygen atoms in total. The summed E-state index contributed by atoms with van der Waals surface area (Å²) in [6.07, 6.45) is 2.61. The first kappa shape index (κ1) is 9.83. The van der Waals surface area contributed by atoms with Gasteiger partial charge in [0.2, 0.25) is 0 Å². The predicted molar refractivity (Wildman–Crippen MR) is 61.8 cm³/mol. The summed E-state index contributed by atoms with van der Waals surface area (Å²) in [7, 11) is 1.66. The number of H-pyrrole nitrogens is 2. The lowest BCUT2D eigenvalue weighted by molar-refractivity contribution is 0.415. The summed E-state index contributed by atoms with van der Waals surface area (Å²) in [6.45, 7) is 0. The van der Waals surface area contributed by atoms with E-state index in [2.05, 4.69) is 25.6 Å². The van der Waals surface area contributed by atoms with Gasteiger partial charge in [-0.15, -0.1) is 10.2 Å². The number of aromatic amines is 2. The van der Waals surface area contributed by atoms with E-state index in [0.717, 1.165) is 22.2 Å². The SMILES string of the molecule is COc1ccc2c(Cc3nn[nH]n3)c[nH]c2c1. The zero-order valence-electron chi connectivity index (χ0n) is 9.27. The van der Waals surface area contributed by atoms with Crippen molar-refractivity contribution in [2.45, 2.75) is 6.42 Å². The van der Waals surface area contributed by atoms with Gasteiger partial charge in [0.15, 0.2) is 5.82 Å². The van der Waals surface area contributed by atoms with Gasteiger partial charge in [0.05, 0.1) is 7.11 Å². The number of fused-ring (bicyclic) bond motifs is 1. The molecule has 0 saturated carbocycles. The molecule has 0 radical (unpaired) electrons. The lowest BCUT2D eigenvalue weighted by Crippen LogP contribution is -1.89. The number of rotatable bonds is 3. The Labute approximate surface area is 97.0 Å². The summed E-state index contributed by atoms with van der Waals surface area (Å²) in [5, 5.41) is 15.0. The van der Waals surface area contributed by atoms with Crippen LogP contribution in [0.1, 0.15) is 11.4 Å². The van der Waals surface area contributed by atoms with E-state index in [0.29, 0.717) is 12.2 Å². The van der Waals surface area contributed by atoms with E-state index in [4.69, 9.17) is 4.74 Å². The van der Waals surface area contributed by atoms with E-state index in [9.17, 15) is 0 Å². The van der Waals surface area contributed by atoms with Gasteiger partial charge in [-0.1, -0.05) is 5.21 Å². The Morgan fingerprint density at radius 1 is 1.35 bits per heavy atom. The van der Waals surface area contributed by atoms with Crippen molar-refractivity contribution >= 4 is 10.9 Å². The maximum atomic E-state index is 5.18. The van der Waals surface area contributed by atoms with Gasteiger partial charge < -0.3 is 9.72 Å². The van der Waals surface area contributed by atoms with Crippen molar-refractivity contribution in [2.75, 3.05) is 7.11 Å². The molecule has 0 aliphatic heterocycles. The van der Waals surface area contributed by atoms with E-state index in [1.807, 2.05) is 24.4 Å². The van der Waals surface area contributed by atoms with E-state index in [-0.39, 0.29) is 0 Å². The molecule has 0 aliphatic rings. The van der Waals surface area contributed by atoms with Gasteiger partial charge in [0.25, 0.3) is 0 Å². The highest BCUT2D eigenvalue weighted by Gasteiger charge is 2.07. The van der Waals surface area contributed by atoms with E-state index >= 15 is 0 Å². The number of aromatic nitrogens is 5. The first-order chi connectivity index (χ1) is 8.36. The summed E-state index contributed by atoms with van der Waals surface area (Å²) in [4.78, 5) is 3.21. The molecule has 0 unspecified atom stereocenters. The van der Waals surface area contributed by atoms with Gasteiger partial charge >= 0.3 is 0 Å². The third kappa shape index (κ3) is 1.73. The standard InChI is InChI=1S/C11H11N5O/c1-17-8-2-3-9-7(6-12-10(9)5-8)4-11-13-15-16-14-11/h2-3,5-6,12H,4H2,1H3,(H,13,14,15,16). The molecule has 2 N–H and O–H groups in total. The Kier molecular flexibility index (Phi) is 2.25. The first-order valence-corrected chi connectivity index (χ1v) is 5.23. The quantitative estimate of drug-likeness (QED) is 0.709. The molecule has 0 amide bonds. The molecule has 86 valence electrons. The fourth-order valence-corrected chi connectivity index (χ4v) is 1.87. The monoisotopic (exact) mass is 229 g/mol. The molecule has 1 aromatic carbocycles. The minimum atomic E-state index is 0.656. The van der Waals surface area contributed by atoms with Crippen LogP contribution >= 0.6 is 0 Å². The van der Waals surface area contributed by atoms with Crippen LogP contribution in [0.3, 0.4) is 0 Å². The van der Waals surface area contributed by atoms with Gasteiger partial charge in [0.1, 0.15) is 5.75 Å². The number of hydrogen-bond acceptors (Lipinski definition) is 4. The Morgan fingerprint density at radius 2 is 2.29 bits per heavy atom. The third-order valence-electron chi connectivity index (χ3n) is 2.71. The van der Waals surface area contributed by atoms with Gasteiger partial charge in [-0.2, -0.15) is 5.21 Å². The Hall–Kier alpha value is -2.37. The molecule has 0 bridgehead atoms. The smallest absolute Gasteiger partial charge is 0.178 e. The van der Waals surface area contributed by atoms with Gasteiger partial charge in [-0.25, -0.2) is 0 Å². The second kappa shape index (κ2) is 3.89. The fourth-order valence-electron chi connectivity index (χ4n) is 1.87. The molecule has 0 aliphatic carbocycles. The highest BCUT2D eigenvalue weighted by molar-refractivity contribution is 5.84. The maximum Gasteiger partial charge on any atom is 0.178 e. The molecule has 0 saturated heterocycles. The van der Waals surface area contributed by atoms with Crippen LogP contribution in [0.4, 0.5) is 0 Å². The summed E-state index contributed by atoms with van der Waals surface area (Å²) in [5.41, 5.74) is 2.19. The Bertz CT molecular complexity index is 628. The molecular formula is C11H11N5O. The molecule has 0 spiro atoms. The van der Waals surface area contributed by atoms with Gasteiger partial charge in [0, 0.05) is 29.6 Å². The van der Waals surface area contributed by atoms with Crippen LogP contribution in [0, 0.1) is 0 Å². The highest BCUT2D eigenvalue weighted by Crippen LogP contribution is 2.24. The summed E-state index contributed by atoms with van der Waals surface area (Å²) in [6, 6.07) is 5.94. The van der Waals surface area contributed by atoms with E-state index in [1.54, 1.807) is 7.11 Å². The zero-order chi connectivity index (χ0) is 11.7. The van der Waals surface area contributed by atoms with Crippen LogP contribution in [-0.2, 0) is 6.42 Å². The summed E-state index contributed by atoms with van der Waals surface area (Å²) in [5.74, 6) is 1.52. The normalized spacial score (nSPS) is 10.9. The van der Waals surface area contributed by atoms with Crippen molar-refractivity contribution in [1.29, 1.82) is 0 Å². The average Bonchev–Trinajstić information content (AvgIpc) is 2.99. The van der Waals surface area contributed by atoms with Crippen molar-refractivity contribution in [3.05, 3.63) is 35.8 Å². The van der Waals surface area contributed by atoms with Crippen LogP contribution in [0.25, 0.3) is 10.9 Å². The molecule has 6 heteroatoms. The van der Waals surface area contributed by atoms with Crippen LogP contribution in [0.15, 0.2) is 24.4 Å². The number of nitrogens with one attached hydrogen (secondary N) is 2. The molecule has 0 fully saturated rings. The lowest BCUT2D eigenvalue weighted by atomic mass is 10.1. The van der Waals surface area contributed by atoms with Gasteiger partial charge in [-0.05, 0) is 17.7 Å². The highest BCUT2D eigenvalue weighted by atomic mass is 16.5. The van der Waals surface area contributed by atoms with Crippen LogP contribution in [-0.4, -0.2) is 32.7 Å². The molecule has 2 heterocycles. The molecular weight excluding hydrogens is 218 g/mol. The Balaban J connectivity index is 2.00. The largest absolute Gasteiger partial charge is 0.497 e. The molecule has 3 aromatic rings. The number of tetrazole rings is 1. The lowest BCUT2D eigenvalue weighted by Gasteiger charge is -1.99. The summed E-state index contributed by atoms with van der Waals surface area (Å²) >= 11 is 0. The second-order valence-electron chi connectivity index (χ2n) is 3.73. The number of nitrogens with zero attached hydrogens (tertiary/aromatic N) is 3. The van der Waals surface area contributed by atoms with Crippen molar-refractivity contribution in [2.24, 2.45) is 0 Å². The first-order valence-electron chi connectivity index (χ1n) is 5.23. The number of benzene rings is 1. The minimum Gasteiger partial charge on any atom is -0.497 e. The second-order valence-corrected chi connectivity index (χ2v) is 3.73. The van der Waals surface area contributed by atoms with Crippen LogP contribution in [0.5, 0.6) is 5.75 Å². The number of hydrogen-bond donors (Lipinski definition) is 2. The van der Waals surface area contributed by atoms with Crippen molar-refractivity contribution in [3.8, 4) is 5.75 Å². The average molecular weight is 229 g/mol. The predicted octanol–water partition coefficient (Wildman–Crippen LogP) is 1.28. The summed E-state index contributed by atoms with van der Waals surface area (Å²) < 4.78 is 5.18. The fraction of sp³-hybridized carbons (Fsp3) is 0.182. The molecule has 0 atom stereocenters. The topological polar surface area (TPSA) is 79.5 Å². The van der Waals surface area contributed by atoms with E-state index < -0.39 is 0 Å². The van der Waals surface area contributed by atoms with Crippen LogP contribution < -0.4 is 4.74 Å². The zero-order valence-corrected chi connectivity index (χ0v) is 9.27. The van der Waals surface area contributed by atoms with Gasteiger partial charge in [-0.3, -0.25) is 0 Å². The molecule has 2 aromatic heterocycles. The van der Waals surface area contributed by atoms with E-state index in [1.165, 1.54) is 0 Å². The molecule has 3 rings (SSSR count). The van der Waals surface area contributed by atoms with Crippen LogP contribution in [0.2, 0.25) is 0 Å². The van der Waals surface area contributed by atoms with Crippen molar-refractivity contribution in [3.63, 3.8) is 0 Å². The number of methoxy groups -OCH3 is 1. The third-order valence-corrected chi connectivity index (χ3v) is 2.71.